The summed E-state index contributed by atoms with van der Waals surface area (Å²) in [7, 11) is 0. The largest absolute Gasteiger partial charge is 0.361 e. The van der Waals surface area contributed by atoms with E-state index in [0.717, 1.165) is 32.9 Å². The SMILES string of the molecule is CCCN(CC(=O)NCCS)C(=O)CN(CCc1c[nH]c2ccccc12)C(=O)CNC(=O)C(CCCNC(N)=O)NC(=O)CN(CCc1c[nH]c2ccccc12)C(=O)[C@@H](N)Cc1cnc[nH]1. The van der Waals surface area contributed by atoms with Gasteiger partial charge in [-0.15, -0.1) is 0 Å². The lowest BCUT2D eigenvalue weighted by molar-refractivity contribution is -0.142. The molecule has 2 aromatic carbocycles. The van der Waals surface area contributed by atoms with Gasteiger partial charge in [0, 0.05) is 91.0 Å². The molecule has 354 valence electrons. The van der Waals surface area contributed by atoms with Crippen LogP contribution in [0.4, 0.5) is 4.79 Å². The molecule has 21 heteroatoms. The summed E-state index contributed by atoms with van der Waals surface area (Å²) in [4.78, 5) is 111. The topological polar surface area (TPSA) is 290 Å². The van der Waals surface area contributed by atoms with Crippen LogP contribution in [0.2, 0.25) is 0 Å². The number of H-pyrrole nitrogens is 3. The summed E-state index contributed by atoms with van der Waals surface area (Å²) in [6.07, 6.45) is 8.46. The zero-order valence-corrected chi connectivity index (χ0v) is 38.0. The van der Waals surface area contributed by atoms with E-state index in [1.54, 1.807) is 6.20 Å². The summed E-state index contributed by atoms with van der Waals surface area (Å²) in [5.74, 6) is -2.81. The van der Waals surface area contributed by atoms with E-state index in [-0.39, 0.29) is 64.4 Å². The molecule has 0 radical (unpaired) electrons. The van der Waals surface area contributed by atoms with Crippen molar-refractivity contribution in [2.45, 2.75) is 57.5 Å². The Morgan fingerprint density at radius 3 is 1.97 bits per heavy atom. The quantitative estimate of drug-likeness (QED) is 0.0262. The van der Waals surface area contributed by atoms with Crippen molar-refractivity contribution >= 4 is 75.9 Å². The number of thiol groups is 1. The van der Waals surface area contributed by atoms with Crippen molar-refractivity contribution in [2.75, 3.05) is 64.7 Å². The molecule has 0 spiro atoms. The van der Waals surface area contributed by atoms with Crippen LogP contribution in [-0.4, -0.2) is 153 Å². The van der Waals surface area contributed by atoms with Crippen molar-refractivity contribution in [3.05, 3.63) is 90.3 Å². The van der Waals surface area contributed by atoms with Gasteiger partial charge in [-0.05, 0) is 55.4 Å². The molecule has 0 aliphatic rings. The number of para-hydroxylation sites is 2. The lowest BCUT2D eigenvalue weighted by atomic mass is 10.1. The standard InChI is InChI=1S/C45H61N13O7S/c1-2-17-56(26-39(59)49-16-20-66)42(62)28-57(18-13-30-22-51-36-10-5-3-8-33(30)36)41(61)25-53-43(63)38(12-7-15-50-45(47)65)55-40(60)27-58(44(64)35(46)21-32-24-48-29-54-32)19-14-31-23-52-37-11-6-4-9-34(31)37/h3-6,8-11,22-24,29,35,38,51-52,66H,2,7,12-21,25-28,46H2,1H3,(H,48,54)(H,49,59)(H,53,63)(H,55,60)(H3,47,50,65)/t35-,38?/m0/s1. The summed E-state index contributed by atoms with van der Waals surface area (Å²) in [6, 6.07) is 12.4. The lowest BCUT2D eigenvalue weighted by Crippen LogP contribution is -2.54. The molecule has 0 fully saturated rings. The maximum atomic E-state index is 14.0. The van der Waals surface area contributed by atoms with Gasteiger partial charge in [-0.1, -0.05) is 43.3 Å². The molecule has 1 unspecified atom stereocenters. The second-order valence-electron chi connectivity index (χ2n) is 15.8. The Morgan fingerprint density at radius 1 is 0.742 bits per heavy atom. The molecule has 20 nitrogen and oxygen atoms in total. The molecule has 0 saturated carbocycles. The van der Waals surface area contributed by atoms with Crippen LogP contribution in [0.1, 0.15) is 43.0 Å². The molecule has 0 bridgehead atoms. The second kappa shape index (κ2) is 25.6. The monoisotopic (exact) mass is 927 g/mol. The summed E-state index contributed by atoms with van der Waals surface area (Å²) < 4.78 is 0. The smallest absolute Gasteiger partial charge is 0.312 e. The van der Waals surface area contributed by atoms with E-state index in [0.29, 0.717) is 37.3 Å². The Hall–Kier alpha value is -6.87. The highest BCUT2D eigenvalue weighted by atomic mass is 32.1. The van der Waals surface area contributed by atoms with Crippen molar-refractivity contribution in [1.29, 1.82) is 0 Å². The number of fused-ring (bicyclic) bond motifs is 2. The van der Waals surface area contributed by atoms with Gasteiger partial charge < -0.3 is 62.4 Å². The highest BCUT2D eigenvalue weighted by Gasteiger charge is 2.28. The van der Waals surface area contributed by atoms with Crippen LogP contribution in [-0.2, 0) is 48.0 Å². The zero-order chi connectivity index (χ0) is 47.4. The van der Waals surface area contributed by atoms with E-state index < -0.39 is 60.7 Å². The predicted octanol–water partition coefficient (Wildman–Crippen LogP) is 0.719. The first-order chi connectivity index (χ1) is 31.9. The summed E-state index contributed by atoms with van der Waals surface area (Å²) in [6.45, 7) is 1.29. The Kier molecular flexibility index (Phi) is 19.4. The molecule has 3 heterocycles. The summed E-state index contributed by atoms with van der Waals surface area (Å²) in [5.41, 5.74) is 15.9. The number of urea groups is 1. The molecule has 5 aromatic rings. The Labute approximate surface area is 388 Å². The van der Waals surface area contributed by atoms with Gasteiger partial charge in [0.2, 0.25) is 35.4 Å². The maximum absolute atomic E-state index is 14.0. The number of carbonyl (C=O) groups excluding carboxylic acids is 7. The van der Waals surface area contributed by atoms with Gasteiger partial charge >= 0.3 is 6.03 Å². The first-order valence-electron chi connectivity index (χ1n) is 22.0. The van der Waals surface area contributed by atoms with Crippen molar-refractivity contribution in [2.24, 2.45) is 11.5 Å². The second-order valence-corrected chi connectivity index (χ2v) is 16.3. The van der Waals surface area contributed by atoms with Crippen molar-refractivity contribution in [3.8, 4) is 0 Å². The Balaban J connectivity index is 1.29. The highest BCUT2D eigenvalue weighted by molar-refractivity contribution is 7.80. The third kappa shape index (κ3) is 15.1. The van der Waals surface area contributed by atoms with Gasteiger partial charge in [0.05, 0.1) is 38.5 Å². The zero-order valence-electron chi connectivity index (χ0n) is 37.1. The molecule has 0 aliphatic heterocycles. The number of nitrogens with two attached hydrogens (primary N) is 2. The van der Waals surface area contributed by atoms with E-state index in [1.807, 2.05) is 67.8 Å². The summed E-state index contributed by atoms with van der Waals surface area (Å²) >= 11 is 4.13. The normalized spacial score (nSPS) is 12.0. The number of hydrogen-bond acceptors (Lipinski definition) is 10. The molecule has 2 atom stereocenters. The first-order valence-corrected chi connectivity index (χ1v) is 22.6. The molecule has 0 aliphatic carbocycles. The fourth-order valence-corrected chi connectivity index (χ4v) is 7.66. The van der Waals surface area contributed by atoms with Gasteiger partial charge in [0.1, 0.15) is 6.04 Å². The molecule has 5 rings (SSSR count). The van der Waals surface area contributed by atoms with Gasteiger partial charge in [0.25, 0.3) is 0 Å². The number of rotatable bonds is 27. The number of aromatic amines is 3. The molecule has 0 saturated heterocycles. The van der Waals surface area contributed by atoms with E-state index in [4.69, 9.17) is 11.5 Å². The van der Waals surface area contributed by atoms with Gasteiger partial charge in [-0.3, -0.25) is 28.8 Å². The average Bonchev–Trinajstić information content (AvgIpc) is 4.08. The van der Waals surface area contributed by atoms with E-state index in [9.17, 15) is 33.6 Å². The predicted molar refractivity (Wildman–Crippen MR) is 253 cm³/mol. The Bertz CT molecular complexity index is 2400. The number of amides is 8. The third-order valence-electron chi connectivity index (χ3n) is 10.9. The number of carbonyl (C=O) groups is 7. The number of nitrogens with zero attached hydrogens (tertiary/aromatic N) is 4. The Morgan fingerprint density at radius 2 is 1.36 bits per heavy atom. The van der Waals surface area contributed by atoms with Crippen molar-refractivity contribution in [1.82, 2.24) is 55.9 Å². The molecular weight excluding hydrogens is 867 g/mol. The number of imidazole rings is 1. The molecule has 3 aromatic heterocycles. The van der Waals surface area contributed by atoms with Crippen LogP contribution in [0.3, 0.4) is 0 Å². The minimum atomic E-state index is -1.21. The van der Waals surface area contributed by atoms with Gasteiger partial charge in [-0.2, -0.15) is 12.6 Å². The third-order valence-corrected chi connectivity index (χ3v) is 11.2. The van der Waals surface area contributed by atoms with Crippen LogP contribution < -0.4 is 32.7 Å². The van der Waals surface area contributed by atoms with E-state index in [1.165, 1.54) is 21.0 Å². The summed E-state index contributed by atoms with van der Waals surface area (Å²) in [5, 5.41) is 12.5. The van der Waals surface area contributed by atoms with Crippen LogP contribution in [0.15, 0.2) is 73.4 Å². The van der Waals surface area contributed by atoms with Crippen molar-refractivity contribution < 1.29 is 33.6 Å². The molecule has 8 amide bonds. The van der Waals surface area contributed by atoms with Gasteiger partial charge in [0.15, 0.2) is 0 Å². The van der Waals surface area contributed by atoms with Crippen LogP contribution >= 0.6 is 12.6 Å². The average molecular weight is 928 g/mol. The highest BCUT2D eigenvalue weighted by Crippen LogP contribution is 2.20. The minimum Gasteiger partial charge on any atom is -0.361 e. The number of hydrogen-bond donors (Lipinski definition) is 10. The van der Waals surface area contributed by atoms with Crippen LogP contribution in [0.5, 0.6) is 0 Å². The fourth-order valence-electron chi connectivity index (χ4n) is 7.55. The lowest BCUT2D eigenvalue weighted by Gasteiger charge is -2.28. The molecule has 11 N–H and O–H groups in total. The number of aromatic nitrogens is 4. The van der Waals surface area contributed by atoms with Crippen molar-refractivity contribution in [3.63, 3.8) is 0 Å². The fraction of sp³-hybridized carbons (Fsp3) is 0.422. The van der Waals surface area contributed by atoms with Crippen LogP contribution in [0, 0.1) is 0 Å². The number of primary amides is 1. The molecule has 66 heavy (non-hydrogen) atoms. The minimum absolute atomic E-state index is 0.0265. The van der Waals surface area contributed by atoms with Crippen LogP contribution in [0.25, 0.3) is 21.8 Å². The maximum Gasteiger partial charge on any atom is 0.312 e. The first kappa shape index (κ1) is 50.1. The number of nitrogens with one attached hydrogen (secondary N) is 7. The number of benzene rings is 2. The molecular formula is C45H61N13O7S. The van der Waals surface area contributed by atoms with E-state index >= 15 is 0 Å². The van der Waals surface area contributed by atoms with Gasteiger partial charge in [-0.25, -0.2) is 9.78 Å². The van der Waals surface area contributed by atoms with E-state index in [2.05, 4.69) is 53.8 Å².